The number of nitrogens with one attached hydrogen (secondary N) is 2. The van der Waals surface area contributed by atoms with Crippen molar-refractivity contribution in [3.63, 3.8) is 0 Å². The molecule has 1 saturated heterocycles. The van der Waals surface area contributed by atoms with Gasteiger partial charge in [-0.25, -0.2) is 4.98 Å². The van der Waals surface area contributed by atoms with E-state index >= 15 is 0 Å². The van der Waals surface area contributed by atoms with E-state index in [-0.39, 0.29) is 0 Å². The van der Waals surface area contributed by atoms with Gasteiger partial charge in [0.25, 0.3) is 0 Å². The number of hydrogen-bond acceptors (Lipinski definition) is 5. The number of aromatic nitrogens is 3. The Kier molecular flexibility index (Phi) is 8.69. The van der Waals surface area contributed by atoms with Crippen LogP contribution in [-0.4, -0.2) is 58.3 Å². The van der Waals surface area contributed by atoms with E-state index in [1.54, 1.807) is 11.3 Å². The van der Waals surface area contributed by atoms with Gasteiger partial charge in [0.05, 0.1) is 16.4 Å². The second-order valence-corrected chi connectivity index (χ2v) is 9.29. The lowest BCUT2D eigenvalue weighted by Crippen LogP contribution is -2.39. The summed E-state index contributed by atoms with van der Waals surface area (Å²) >= 11 is 1.74. The van der Waals surface area contributed by atoms with E-state index in [0.717, 1.165) is 68.9 Å². The molecule has 30 heavy (non-hydrogen) atoms. The number of likely N-dealkylation sites (tertiary alicyclic amines) is 1. The van der Waals surface area contributed by atoms with Crippen LogP contribution in [-0.2, 0) is 13.1 Å². The number of aliphatic imine (C=N–C) groups is 1. The maximum atomic E-state index is 4.86. The average molecular weight is 432 g/mol. The smallest absolute Gasteiger partial charge is 0.191 e. The Labute approximate surface area is 185 Å². The zero-order chi connectivity index (χ0) is 21.3. The maximum absolute atomic E-state index is 4.86. The summed E-state index contributed by atoms with van der Waals surface area (Å²) in [6, 6.07) is 2.13. The third-order valence-electron chi connectivity index (χ3n) is 5.55. The van der Waals surface area contributed by atoms with E-state index in [9.17, 15) is 0 Å². The molecule has 1 fully saturated rings. The molecule has 0 bridgehead atoms. The lowest BCUT2D eigenvalue weighted by molar-refractivity contribution is 0.179. The Morgan fingerprint density at radius 2 is 2.03 bits per heavy atom. The van der Waals surface area contributed by atoms with E-state index in [0.29, 0.717) is 5.92 Å². The number of hydrogen-bond donors (Lipinski definition) is 2. The van der Waals surface area contributed by atoms with Crippen molar-refractivity contribution in [1.82, 2.24) is 30.3 Å². The van der Waals surface area contributed by atoms with Gasteiger partial charge in [-0.15, -0.1) is 11.3 Å². The number of piperidine rings is 1. The Morgan fingerprint density at radius 1 is 1.23 bits per heavy atom. The van der Waals surface area contributed by atoms with Crippen molar-refractivity contribution in [2.45, 2.75) is 60.0 Å². The van der Waals surface area contributed by atoms with Crippen molar-refractivity contribution in [2.24, 2.45) is 10.9 Å². The van der Waals surface area contributed by atoms with Gasteiger partial charge in [0, 0.05) is 43.8 Å². The molecule has 8 heteroatoms. The van der Waals surface area contributed by atoms with Crippen molar-refractivity contribution in [3.8, 4) is 0 Å². The third-order valence-corrected chi connectivity index (χ3v) is 6.38. The molecule has 2 aromatic rings. The summed E-state index contributed by atoms with van der Waals surface area (Å²) in [4.78, 5) is 12.0. The molecule has 3 rings (SSSR count). The monoisotopic (exact) mass is 431 g/mol. The second kappa shape index (κ2) is 11.5. The minimum absolute atomic E-state index is 0.670. The molecule has 0 spiro atoms. The molecule has 0 atom stereocenters. The number of rotatable bonds is 9. The molecule has 166 valence electrons. The van der Waals surface area contributed by atoms with Crippen LogP contribution >= 0.6 is 11.3 Å². The van der Waals surface area contributed by atoms with Crippen LogP contribution < -0.4 is 10.6 Å². The number of thiazole rings is 1. The fourth-order valence-corrected chi connectivity index (χ4v) is 4.54. The fraction of sp³-hybridized carbons (Fsp3) is 0.682. The first-order valence-electron chi connectivity index (χ1n) is 11.2. The van der Waals surface area contributed by atoms with Gasteiger partial charge in [0.15, 0.2) is 5.96 Å². The average Bonchev–Trinajstić information content (AvgIpc) is 3.28. The number of guanidine groups is 1. The largest absolute Gasteiger partial charge is 0.357 e. The molecule has 0 amide bonds. The zero-order valence-corrected chi connectivity index (χ0v) is 19.8. The van der Waals surface area contributed by atoms with Crippen LogP contribution in [0.3, 0.4) is 0 Å². The normalized spacial score (nSPS) is 16.2. The van der Waals surface area contributed by atoms with Crippen LogP contribution in [0.5, 0.6) is 0 Å². The van der Waals surface area contributed by atoms with Gasteiger partial charge in [-0.05, 0) is 72.0 Å². The molecule has 3 heterocycles. The van der Waals surface area contributed by atoms with E-state index in [1.165, 1.54) is 24.2 Å². The highest BCUT2D eigenvalue weighted by atomic mass is 32.1. The summed E-state index contributed by atoms with van der Waals surface area (Å²) in [5.41, 5.74) is 3.53. The molecule has 1 aliphatic heterocycles. The lowest BCUT2D eigenvalue weighted by atomic mass is 9.97. The van der Waals surface area contributed by atoms with E-state index in [1.807, 2.05) is 6.92 Å². The van der Waals surface area contributed by atoms with Crippen LogP contribution in [0.1, 0.15) is 48.3 Å². The first-order chi connectivity index (χ1) is 14.5. The van der Waals surface area contributed by atoms with Crippen molar-refractivity contribution in [3.05, 3.63) is 33.5 Å². The number of nitrogens with zero attached hydrogens (tertiary/aromatic N) is 5. The summed E-state index contributed by atoms with van der Waals surface area (Å²) in [6.07, 6.45) is 3.45. The molecule has 0 aliphatic carbocycles. The van der Waals surface area contributed by atoms with E-state index in [4.69, 9.17) is 4.99 Å². The standard InChI is InChI=1S/C22H37N7S/c1-5-23-22(24-9-6-10-29-18(3)13-17(2)27-29)25-14-20-7-11-28(12-8-20)15-21-16-30-19(4)26-21/h13,16,20H,5-12,14-15H2,1-4H3,(H2,23,24,25). The van der Waals surface area contributed by atoms with Crippen molar-refractivity contribution in [1.29, 1.82) is 0 Å². The van der Waals surface area contributed by atoms with Gasteiger partial charge in [-0.3, -0.25) is 14.6 Å². The Balaban J connectivity index is 1.37. The van der Waals surface area contributed by atoms with Crippen molar-refractivity contribution in [2.75, 3.05) is 32.7 Å². The minimum atomic E-state index is 0.670. The SMILES string of the molecule is CCNC(=NCC1CCN(Cc2csc(C)n2)CC1)NCCCn1nc(C)cc1C. The molecule has 0 radical (unpaired) electrons. The molecule has 1 aliphatic rings. The fourth-order valence-electron chi connectivity index (χ4n) is 3.94. The van der Waals surface area contributed by atoms with Crippen molar-refractivity contribution >= 4 is 17.3 Å². The summed E-state index contributed by atoms with van der Waals surface area (Å²) in [5, 5.41) is 14.7. The molecular formula is C22H37N7S. The van der Waals surface area contributed by atoms with Gasteiger partial charge < -0.3 is 10.6 Å². The van der Waals surface area contributed by atoms with Crippen LogP contribution in [0, 0.1) is 26.7 Å². The molecule has 0 unspecified atom stereocenters. The van der Waals surface area contributed by atoms with Gasteiger partial charge in [0.2, 0.25) is 0 Å². The van der Waals surface area contributed by atoms with Gasteiger partial charge >= 0.3 is 0 Å². The second-order valence-electron chi connectivity index (χ2n) is 8.23. The molecule has 0 saturated carbocycles. The lowest BCUT2D eigenvalue weighted by Gasteiger charge is -2.30. The number of aryl methyl sites for hydroxylation is 4. The van der Waals surface area contributed by atoms with E-state index < -0.39 is 0 Å². The zero-order valence-electron chi connectivity index (χ0n) is 18.9. The summed E-state index contributed by atoms with van der Waals surface area (Å²) in [6.45, 7) is 15.2. The molecule has 2 N–H and O–H groups in total. The van der Waals surface area contributed by atoms with Gasteiger partial charge in [0.1, 0.15) is 0 Å². The Bertz CT molecular complexity index is 802. The summed E-state index contributed by atoms with van der Waals surface area (Å²) in [7, 11) is 0. The Morgan fingerprint density at radius 3 is 2.67 bits per heavy atom. The van der Waals surface area contributed by atoms with Crippen LogP contribution in [0.15, 0.2) is 16.4 Å². The Hall–Kier alpha value is -1.93. The van der Waals surface area contributed by atoms with Crippen LogP contribution in [0.25, 0.3) is 0 Å². The van der Waals surface area contributed by atoms with Gasteiger partial charge in [-0.2, -0.15) is 5.10 Å². The summed E-state index contributed by atoms with van der Waals surface area (Å²) in [5.74, 6) is 1.61. The predicted molar refractivity (Wildman–Crippen MR) is 125 cm³/mol. The molecule has 7 nitrogen and oxygen atoms in total. The van der Waals surface area contributed by atoms with E-state index in [2.05, 4.69) is 62.5 Å². The topological polar surface area (TPSA) is 70.4 Å². The quantitative estimate of drug-likeness (QED) is 0.363. The van der Waals surface area contributed by atoms with Crippen molar-refractivity contribution < 1.29 is 0 Å². The minimum Gasteiger partial charge on any atom is -0.357 e. The van der Waals surface area contributed by atoms with Crippen LogP contribution in [0.4, 0.5) is 0 Å². The third kappa shape index (κ3) is 7.09. The highest BCUT2D eigenvalue weighted by Gasteiger charge is 2.19. The maximum Gasteiger partial charge on any atom is 0.191 e. The molecule has 0 aromatic carbocycles. The highest BCUT2D eigenvalue weighted by Crippen LogP contribution is 2.20. The first-order valence-corrected chi connectivity index (χ1v) is 12.1. The first kappa shape index (κ1) is 22.7. The predicted octanol–water partition coefficient (Wildman–Crippen LogP) is 3.12. The van der Waals surface area contributed by atoms with Crippen LogP contribution in [0.2, 0.25) is 0 Å². The molecule has 2 aromatic heterocycles. The highest BCUT2D eigenvalue weighted by molar-refractivity contribution is 7.09. The van der Waals surface area contributed by atoms with Gasteiger partial charge in [-0.1, -0.05) is 0 Å². The summed E-state index contributed by atoms with van der Waals surface area (Å²) < 4.78 is 2.09. The molecular weight excluding hydrogens is 394 g/mol.